The van der Waals surface area contributed by atoms with Gasteiger partial charge in [-0.05, 0) is 30.5 Å². The Hall–Kier alpha value is -2.48. The van der Waals surface area contributed by atoms with Crippen molar-refractivity contribution in [1.29, 1.82) is 0 Å². The van der Waals surface area contributed by atoms with Gasteiger partial charge in [0, 0.05) is 25.8 Å². The maximum atomic E-state index is 13.1. The molecule has 0 unspecified atom stereocenters. The van der Waals surface area contributed by atoms with E-state index in [2.05, 4.69) is 9.97 Å². The number of halogens is 1. The number of thioether (sulfide) groups is 1. The predicted molar refractivity (Wildman–Crippen MR) is 98.0 cm³/mol. The Morgan fingerprint density at radius 2 is 1.81 bits per heavy atom. The van der Waals surface area contributed by atoms with Gasteiger partial charge in [-0.2, -0.15) is 0 Å². The van der Waals surface area contributed by atoms with Gasteiger partial charge in [-0.25, -0.2) is 19.2 Å². The zero-order valence-corrected chi connectivity index (χ0v) is 15.2. The summed E-state index contributed by atoms with van der Waals surface area (Å²) in [7, 11) is 3.07. The van der Waals surface area contributed by atoms with E-state index in [1.165, 1.54) is 35.5 Å². The van der Waals surface area contributed by atoms with Crippen molar-refractivity contribution in [2.45, 2.75) is 29.5 Å². The minimum Gasteiger partial charge on any atom is -0.280 e. The van der Waals surface area contributed by atoms with E-state index in [1.807, 2.05) is 0 Å². The van der Waals surface area contributed by atoms with E-state index in [0.717, 1.165) is 23.0 Å². The summed E-state index contributed by atoms with van der Waals surface area (Å²) >= 11 is 1.40. The van der Waals surface area contributed by atoms with Crippen LogP contribution in [0.2, 0.25) is 0 Å². The van der Waals surface area contributed by atoms with Crippen molar-refractivity contribution in [1.82, 2.24) is 19.1 Å². The Kier molecular flexibility index (Phi) is 4.14. The summed E-state index contributed by atoms with van der Waals surface area (Å²) in [4.78, 5) is 34.0. The summed E-state index contributed by atoms with van der Waals surface area (Å²) in [5.41, 5.74) is 0.499. The van der Waals surface area contributed by atoms with Crippen LogP contribution in [-0.2, 0) is 19.8 Å². The van der Waals surface area contributed by atoms with Crippen molar-refractivity contribution in [3.05, 3.63) is 62.3 Å². The molecule has 1 saturated carbocycles. The normalized spacial score (nSPS) is 14.1. The van der Waals surface area contributed by atoms with Crippen LogP contribution in [0.15, 0.2) is 38.9 Å². The van der Waals surface area contributed by atoms with Gasteiger partial charge in [-0.3, -0.25) is 13.9 Å². The summed E-state index contributed by atoms with van der Waals surface area (Å²) in [6.45, 7) is 0. The molecule has 1 aliphatic carbocycles. The summed E-state index contributed by atoms with van der Waals surface area (Å²) in [5.74, 6) is 1.24. The van der Waals surface area contributed by atoms with Crippen LogP contribution in [-0.4, -0.2) is 19.1 Å². The molecule has 1 fully saturated rings. The van der Waals surface area contributed by atoms with Crippen molar-refractivity contribution in [3.63, 3.8) is 0 Å². The number of hydrogen-bond acceptors (Lipinski definition) is 5. The number of rotatable bonds is 4. The predicted octanol–water partition coefficient (Wildman–Crippen LogP) is 2.34. The molecular formula is C18H17FN4O2S. The second kappa shape index (κ2) is 6.35. The fraction of sp³-hybridized carbons (Fsp3) is 0.333. The first-order chi connectivity index (χ1) is 12.5. The quantitative estimate of drug-likeness (QED) is 0.519. The van der Waals surface area contributed by atoms with Gasteiger partial charge in [0.05, 0.1) is 0 Å². The average Bonchev–Trinajstić information content (AvgIpc) is 3.48. The minimum absolute atomic E-state index is 0.286. The number of benzene rings is 1. The van der Waals surface area contributed by atoms with Crippen LogP contribution in [0.3, 0.4) is 0 Å². The summed E-state index contributed by atoms with van der Waals surface area (Å²) in [6.07, 6.45) is 2.04. The van der Waals surface area contributed by atoms with Gasteiger partial charge in [-0.1, -0.05) is 12.1 Å². The molecule has 1 aliphatic rings. The zero-order chi connectivity index (χ0) is 18.4. The highest BCUT2D eigenvalue weighted by Crippen LogP contribution is 2.39. The highest BCUT2D eigenvalue weighted by atomic mass is 32.2. The third kappa shape index (κ3) is 2.94. The molecule has 0 spiro atoms. The summed E-state index contributed by atoms with van der Waals surface area (Å²) in [6, 6.07) is 6.24. The molecule has 0 bridgehead atoms. The lowest BCUT2D eigenvalue weighted by atomic mass is 10.2. The van der Waals surface area contributed by atoms with Crippen LogP contribution in [0.5, 0.6) is 0 Å². The van der Waals surface area contributed by atoms with Crippen LogP contribution in [0, 0.1) is 5.82 Å². The number of fused-ring (bicyclic) bond motifs is 1. The van der Waals surface area contributed by atoms with Crippen molar-refractivity contribution < 1.29 is 4.39 Å². The Morgan fingerprint density at radius 1 is 1.12 bits per heavy atom. The lowest BCUT2D eigenvalue weighted by Crippen LogP contribution is -2.37. The number of hydrogen-bond donors (Lipinski definition) is 0. The molecule has 2 aromatic heterocycles. The van der Waals surface area contributed by atoms with E-state index in [9.17, 15) is 14.0 Å². The van der Waals surface area contributed by atoms with Crippen LogP contribution in [0.4, 0.5) is 4.39 Å². The first-order valence-corrected chi connectivity index (χ1v) is 9.29. The molecule has 134 valence electrons. The highest BCUT2D eigenvalue weighted by Gasteiger charge is 2.29. The molecule has 0 aliphatic heterocycles. The van der Waals surface area contributed by atoms with E-state index in [1.54, 1.807) is 19.2 Å². The second-order valence-electron chi connectivity index (χ2n) is 6.48. The third-order valence-electron chi connectivity index (χ3n) is 4.52. The van der Waals surface area contributed by atoms with E-state index in [4.69, 9.17) is 0 Å². The van der Waals surface area contributed by atoms with E-state index >= 15 is 0 Å². The molecule has 0 N–H and O–H groups in total. The fourth-order valence-electron chi connectivity index (χ4n) is 2.81. The maximum absolute atomic E-state index is 13.1. The third-order valence-corrected chi connectivity index (χ3v) is 5.56. The Bertz CT molecular complexity index is 1120. The molecule has 0 amide bonds. The summed E-state index contributed by atoms with van der Waals surface area (Å²) < 4.78 is 15.6. The maximum Gasteiger partial charge on any atom is 0.332 e. The van der Waals surface area contributed by atoms with Gasteiger partial charge in [0.25, 0.3) is 5.56 Å². The van der Waals surface area contributed by atoms with Crippen LogP contribution >= 0.6 is 11.8 Å². The summed E-state index contributed by atoms with van der Waals surface area (Å²) in [5, 5.41) is 0.920. The van der Waals surface area contributed by atoms with Crippen molar-refractivity contribution in [2.75, 3.05) is 0 Å². The van der Waals surface area contributed by atoms with E-state index in [0.29, 0.717) is 33.6 Å². The van der Waals surface area contributed by atoms with E-state index < -0.39 is 11.2 Å². The minimum atomic E-state index is -0.405. The van der Waals surface area contributed by atoms with E-state index in [-0.39, 0.29) is 5.82 Å². The molecule has 0 saturated heterocycles. The number of nitrogens with zero attached hydrogens (tertiary/aromatic N) is 4. The van der Waals surface area contributed by atoms with Gasteiger partial charge < -0.3 is 0 Å². The molecule has 0 atom stereocenters. The monoisotopic (exact) mass is 372 g/mol. The van der Waals surface area contributed by atoms with Crippen LogP contribution in [0.25, 0.3) is 11.0 Å². The first-order valence-electron chi connectivity index (χ1n) is 8.30. The average molecular weight is 372 g/mol. The van der Waals surface area contributed by atoms with Gasteiger partial charge in [0.1, 0.15) is 22.1 Å². The first kappa shape index (κ1) is 17.0. The largest absolute Gasteiger partial charge is 0.332 e. The molecule has 2 heterocycles. The smallest absolute Gasteiger partial charge is 0.280 e. The molecule has 26 heavy (non-hydrogen) atoms. The van der Waals surface area contributed by atoms with Gasteiger partial charge in [0.15, 0.2) is 5.65 Å². The lowest BCUT2D eigenvalue weighted by molar-refractivity contribution is 0.627. The SMILES string of the molecule is Cn1c(=O)c2c(SCc3ccc(F)cc3)nc(C3CC3)nc2n(C)c1=O. The molecule has 0 radical (unpaired) electrons. The van der Waals surface area contributed by atoms with Crippen molar-refractivity contribution in [3.8, 4) is 0 Å². The molecule has 1 aromatic carbocycles. The topological polar surface area (TPSA) is 69.8 Å². The number of aromatic nitrogens is 4. The Balaban J connectivity index is 1.85. The lowest BCUT2D eigenvalue weighted by Gasteiger charge is -2.11. The van der Waals surface area contributed by atoms with Crippen LogP contribution < -0.4 is 11.2 Å². The van der Waals surface area contributed by atoms with Crippen LogP contribution in [0.1, 0.15) is 30.1 Å². The molecule has 3 aromatic rings. The van der Waals surface area contributed by atoms with Gasteiger partial charge in [0.2, 0.25) is 0 Å². The second-order valence-corrected chi connectivity index (χ2v) is 7.44. The van der Waals surface area contributed by atoms with Crippen molar-refractivity contribution in [2.24, 2.45) is 14.1 Å². The Morgan fingerprint density at radius 3 is 2.46 bits per heavy atom. The standard InChI is InChI=1S/C18H17FN4O2S/c1-22-15-13(17(24)23(2)18(22)25)16(21-14(20-15)11-5-6-11)26-9-10-3-7-12(19)8-4-10/h3-4,7-8,11H,5-6,9H2,1-2H3. The molecule has 4 rings (SSSR count). The molecular weight excluding hydrogens is 355 g/mol. The fourth-order valence-corrected chi connectivity index (χ4v) is 3.78. The van der Waals surface area contributed by atoms with Gasteiger partial charge in [-0.15, -0.1) is 11.8 Å². The molecule has 8 heteroatoms. The number of aryl methyl sites for hydroxylation is 1. The zero-order valence-electron chi connectivity index (χ0n) is 14.4. The van der Waals surface area contributed by atoms with Gasteiger partial charge >= 0.3 is 5.69 Å². The van der Waals surface area contributed by atoms with Crippen molar-refractivity contribution >= 4 is 22.8 Å². The highest BCUT2D eigenvalue weighted by molar-refractivity contribution is 7.98. The Labute approximate surface area is 152 Å². The molecule has 6 nitrogen and oxygen atoms in total.